The van der Waals surface area contributed by atoms with Crippen molar-refractivity contribution in [3.63, 3.8) is 0 Å². The lowest BCUT2D eigenvalue weighted by Gasteiger charge is -2.17. The van der Waals surface area contributed by atoms with Crippen LogP contribution in [0.3, 0.4) is 0 Å². The van der Waals surface area contributed by atoms with Crippen LogP contribution in [0.4, 0.5) is 5.69 Å². The van der Waals surface area contributed by atoms with Crippen molar-refractivity contribution in [2.24, 2.45) is 0 Å². The second-order valence-corrected chi connectivity index (χ2v) is 9.42. The number of hydrogen-bond acceptors (Lipinski definition) is 3. The number of ether oxygens (including phenoxy) is 1. The zero-order valence-electron chi connectivity index (χ0n) is 16.1. The summed E-state index contributed by atoms with van der Waals surface area (Å²) in [6.45, 7) is 0.456. The highest BCUT2D eigenvalue weighted by Crippen LogP contribution is 2.39. The van der Waals surface area contributed by atoms with E-state index in [1.807, 2.05) is 54.6 Å². The Bertz CT molecular complexity index is 1220. The Kier molecular flexibility index (Phi) is 5.11. The molecule has 0 spiro atoms. The van der Waals surface area contributed by atoms with Crippen LogP contribution in [0.5, 0.6) is 5.75 Å². The summed E-state index contributed by atoms with van der Waals surface area (Å²) in [6.07, 6.45) is 3.25. The molecule has 4 nitrogen and oxygen atoms in total. The molecule has 0 N–H and O–H groups in total. The van der Waals surface area contributed by atoms with Crippen molar-refractivity contribution < 1.29 is 13.2 Å². The number of fused-ring (bicyclic) bond motifs is 2. The second kappa shape index (κ2) is 7.58. The van der Waals surface area contributed by atoms with Crippen LogP contribution in [0.25, 0.3) is 11.6 Å². The van der Waals surface area contributed by atoms with Gasteiger partial charge < -0.3 is 4.74 Å². The average molecular weight is 426 g/mol. The minimum atomic E-state index is -3.34. The highest BCUT2D eigenvalue weighted by atomic mass is 35.5. The molecule has 4 rings (SSSR count). The maximum absolute atomic E-state index is 11.9. The summed E-state index contributed by atoms with van der Waals surface area (Å²) in [7, 11) is -1.79. The van der Waals surface area contributed by atoms with Gasteiger partial charge in [-0.05, 0) is 58.7 Å². The monoisotopic (exact) mass is 425 g/mol. The fourth-order valence-electron chi connectivity index (χ4n) is 3.37. The zero-order valence-corrected chi connectivity index (χ0v) is 17.7. The molecular weight excluding hydrogens is 406 g/mol. The van der Waals surface area contributed by atoms with Crippen molar-refractivity contribution in [2.45, 2.75) is 6.61 Å². The Labute approximate surface area is 176 Å². The molecule has 0 saturated heterocycles. The van der Waals surface area contributed by atoms with E-state index in [1.54, 1.807) is 13.1 Å². The molecule has 148 valence electrons. The van der Waals surface area contributed by atoms with Gasteiger partial charge in [0.15, 0.2) is 0 Å². The number of nitrogens with zero attached hydrogens (tertiary/aromatic N) is 1. The van der Waals surface area contributed by atoms with Crippen molar-refractivity contribution in [2.75, 3.05) is 17.6 Å². The molecule has 0 saturated carbocycles. The molecule has 0 amide bonds. The van der Waals surface area contributed by atoms with Crippen molar-refractivity contribution >= 4 is 39.0 Å². The molecule has 0 aliphatic carbocycles. The predicted molar refractivity (Wildman–Crippen MR) is 119 cm³/mol. The number of sulfonamides is 1. The molecule has 0 unspecified atom stereocenters. The van der Waals surface area contributed by atoms with Gasteiger partial charge in [-0.3, -0.25) is 4.31 Å². The van der Waals surface area contributed by atoms with Crippen molar-refractivity contribution in [3.05, 3.63) is 94.0 Å². The van der Waals surface area contributed by atoms with Gasteiger partial charge in [-0.1, -0.05) is 48.0 Å². The van der Waals surface area contributed by atoms with Gasteiger partial charge in [0.05, 0.1) is 11.9 Å². The first-order chi connectivity index (χ1) is 13.8. The highest BCUT2D eigenvalue weighted by molar-refractivity contribution is 7.92. The molecule has 3 aromatic carbocycles. The standard InChI is InChI=1S/C23H20ClNO3S/c1-25(29(2,26)27)19-8-5-6-16(12-19)13-22-20-9-4-3-7-17(20)15-28-23-14-18(24)10-11-21(22)23/h3-14H,15H2,1-2H3/b22-13+. The molecule has 1 aliphatic rings. The van der Waals surface area contributed by atoms with E-state index >= 15 is 0 Å². The zero-order chi connectivity index (χ0) is 20.6. The lowest BCUT2D eigenvalue weighted by atomic mass is 9.92. The largest absolute Gasteiger partial charge is 0.488 e. The maximum Gasteiger partial charge on any atom is 0.231 e. The first kappa shape index (κ1) is 19.6. The van der Waals surface area contributed by atoms with E-state index in [-0.39, 0.29) is 0 Å². The van der Waals surface area contributed by atoms with Gasteiger partial charge in [-0.2, -0.15) is 0 Å². The molecule has 0 atom stereocenters. The van der Waals surface area contributed by atoms with Gasteiger partial charge in [-0.25, -0.2) is 8.42 Å². The van der Waals surface area contributed by atoms with Gasteiger partial charge in [0.25, 0.3) is 0 Å². The molecule has 6 heteroatoms. The third-order valence-electron chi connectivity index (χ3n) is 4.97. The summed E-state index contributed by atoms with van der Waals surface area (Å²) in [5, 5.41) is 0.617. The van der Waals surface area contributed by atoms with Crippen LogP contribution in [0, 0.1) is 0 Å². The average Bonchev–Trinajstić information content (AvgIpc) is 2.84. The number of halogens is 1. The van der Waals surface area contributed by atoms with Gasteiger partial charge in [0, 0.05) is 17.6 Å². The Balaban J connectivity index is 1.89. The smallest absolute Gasteiger partial charge is 0.231 e. The van der Waals surface area contributed by atoms with Crippen molar-refractivity contribution in [1.29, 1.82) is 0 Å². The summed E-state index contributed by atoms with van der Waals surface area (Å²) in [6, 6.07) is 21.2. The molecule has 0 aromatic heterocycles. The lowest BCUT2D eigenvalue weighted by molar-refractivity contribution is 0.307. The molecular formula is C23H20ClNO3S. The highest BCUT2D eigenvalue weighted by Gasteiger charge is 2.19. The summed E-state index contributed by atoms with van der Waals surface area (Å²) in [5.41, 5.74) is 5.61. The SMILES string of the molecule is CN(c1cccc(/C=C2\c3ccccc3COc3cc(Cl)ccc32)c1)S(C)(=O)=O. The van der Waals surface area contributed by atoms with Crippen LogP contribution >= 0.6 is 11.6 Å². The van der Waals surface area contributed by atoms with Gasteiger partial charge in [0.2, 0.25) is 10.0 Å². The normalized spacial score (nSPS) is 14.5. The molecule has 0 radical (unpaired) electrons. The summed E-state index contributed by atoms with van der Waals surface area (Å²) >= 11 is 6.19. The maximum atomic E-state index is 11.9. The Hall–Kier alpha value is -2.76. The van der Waals surface area contributed by atoms with Crippen LogP contribution in [-0.2, 0) is 16.6 Å². The first-order valence-corrected chi connectivity index (χ1v) is 11.3. The fraction of sp³-hybridized carbons (Fsp3) is 0.130. The predicted octanol–water partition coefficient (Wildman–Crippen LogP) is 5.22. The van der Waals surface area contributed by atoms with E-state index in [4.69, 9.17) is 16.3 Å². The van der Waals surface area contributed by atoms with Crippen LogP contribution in [0.1, 0.15) is 22.3 Å². The Morgan fingerprint density at radius 2 is 1.79 bits per heavy atom. The molecule has 3 aromatic rings. The van der Waals surface area contributed by atoms with Crippen LogP contribution < -0.4 is 9.04 Å². The van der Waals surface area contributed by atoms with E-state index < -0.39 is 10.0 Å². The number of benzene rings is 3. The molecule has 29 heavy (non-hydrogen) atoms. The van der Waals surface area contributed by atoms with Crippen molar-refractivity contribution in [3.8, 4) is 5.75 Å². The van der Waals surface area contributed by atoms with Crippen molar-refractivity contribution in [1.82, 2.24) is 0 Å². The summed E-state index contributed by atoms with van der Waals surface area (Å²) in [5.74, 6) is 0.726. The second-order valence-electron chi connectivity index (χ2n) is 6.97. The van der Waals surface area contributed by atoms with Crippen LogP contribution in [0.2, 0.25) is 5.02 Å². The van der Waals surface area contributed by atoms with E-state index in [2.05, 4.69) is 12.1 Å². The fourth-order valence-corrected chi connectivity index (χ4v) is 4.03. The lowest BCUT2D eigenvalue weighted by Crippen LogP contribution is -2.24. The summed E-state index contributed by atoms with van der Waals surface area (Å²) < 4.78 is 31.1. The first-order valence-electron chi connectivity index (χ1n) is 9.09. The van der Waals surface area contributed by atoms with Crippen LogP contribution in [0.15, 0.2) is 66.7 Å². The Morgan fingerprint density at radius 3 is 2.59 bits per heavy atom. The third kappa shape index (κ3) is 4.02. The minimum Gasteiger partial charge on any atom is -0.488 e. The van der Waals surface area contributed by atoms with Crippen LogP contribution in [-0.4, -0.2) is 21.7 Å². The van der Waals surface area contributed by atoms with E-state index in [9.17, 15) is 8.42 Å². The molecule has 0 fully saturated rings. The number of anilines is 1. The third-order valence-corrected chi connectivity index (χ3v) is 6.41. The summed E-state index contributed by atoms with van der Waals surface area (Å²) in [4.78, 5) is 0. The topological polar surface area (TPSA) is 46.6 Å². The van der Waals surface area contributed by atoms with Gasteiger partial charge in [0.1, 0.15) is 12.4 Å². The van der Waals surface area contributed by atoms with Gasteiger partial charge >= 0.3 is 0 Å². The van der Waals surface area contributed by atoms with E-state index in [0.29, 0.717) is 17.3 Å². The van der Waals surface area contributed by atoms with E-state index in [1.165, 1.54) is 10.6 Å². The number of rotatable bonds is 3. The minimum absolute atomic E-state index is 0.456. The van der Waals surface area contributed by atoms with E-state index in [0.717, 1.165) is 33.6 Å². The number of hydrogen-bond donors (Lipinski definition) is 0. The molecule has 1 heterocycles. The van der Waals surface area contributed by atoms with Gasteiger partial charge in [-0.15, -0.1) is 0 Å². The molecule has 0 bridgehead atoms. The quantitative estimate of drug-likeness (QED) is 0.578. The Morgan fingerprint density at radius 1 is 1.00 bits per heavy atom. The molecule has 1 aliphatic heterocycles.